The van der Waals surface area contributed by atoms with Gasteiger partial charge in [0.25, 0.3) is 0 Å². The van der Waals surface area contributed by atoms with E-state index in [1.807, 2.05) is 13.8 Å². The summed E-state index contributed by atoms with van der Waals surface area (Å²) in [5.41, 5.74) is 6.33. The Morgan fingerprint density at radius 2 is 1.95 bits per heavy atom. The average Bonchev–Trinajstić information content (AvgIpc) is 2.43. The molecule has 1 aromatic carbocycles. The molecule has 2 amide bonds. The summed E-state index contributed by atoms with van der Waals surface area (Å²) in [6.45, 7) is 5.25. The standard InChI is InChI=1S/C15H22FN3O2/c1-9(2)14(17)15(21)18-8-13(20)19-10(3)11-5-4-6-12(16)7-11/h4-7,9-10,14H,8,17H2,1-3H3,(H,18,21)(H,19,20)/t10?,14-/m0/s1. The molecule has 0 heterocycles. The predicted molar refractivity (Wildman–Crippen MR) is 78.8 cm³/mol. The number of benzene rings is 1. The third-order valence-electron chi connectivity index (χ3n) is 3.17. The van der Waals surface area contributed by atoms with Crippen molar-refractivity contribution in [2.75, 3.05) is 6.54 Å². The van der Waals surface area contributed by atoms with Crippen LogP contribution in [0.15, 0.2) is 24.3 Å². The van der Waals surface area contributed by atoms with Crippen LogP contribution >= 0.6 is 0 Å². The summed E-state index contributed by atoms with van der Waals surface area (Å²) in [5, 5.41) is 5.17. The van der Waals surface area contributed by atoms with E-state index >= 15 is 0 Å². The van der Waals surface area contributed by atoms with E-state index < -0.39 is 6.04 Å². The summed E-state index contributed by atoms with van der Waals surface area (Å²) in [6.07, 6.45) is 0. The number of nitrogens with two attached hydrogens (primary N) is 1. The fourth-order valence-corrected chi connectivity index (χ4v) is 1.74. The highest BCUT2D eigenvalue weighted by Crippen LogP contribution is 2.12. The molecule has 1 rings (SSSR count). The van der Waals surface area contributed by atoms with Gasteiger partial charge in [0, 0.05) is 0 Å². The Morgan fingerprint density at radius 1 is 1.29 bits per heavy atom. The second kappa shape index (κ2) is 7.73. The Bertz CT molecular complexity index is 505. The summed E-state index contributed by atoms with van der Waals surface area (Å²) in [4.78, 5) is 23.4. The molecule has 116 valence electrons. The second-order valence-electron chi connectivity index (χ2n) is 5.33. The Morgan fingerprint density at radius 3 is 2.52 bits per heavy atom. The molecule has 5 nitrogen and oxygen atoms in total. The molecule has 0 aromatic heterocycles. The predicted octanol–water partition coefficient (Wildman–Crippen LogP) is 1.10. The topological polar surface area (TPSA) is 84.2 Å². The number of halogens is 1. The lowest BCUT2D eigenvalue weighted by atomic mass is 10.1. The van der Waals surface area contributed by atoms with Crippen molar-refractivity contribution in [3.8, 4) is 0 Å². The van der Waals surface area contributed by atoms with Gasteiger partial charge in [-0.1, -0.05) is 26.0 Å². The van der Waals surface area contributed by atoms with Crippen LogP contribution in [-0.4, -0.2) is 24.4 Å². The van der Waals surface area contributed by atoms with Crippen LogP contribution in [0.1, 0.15) is 32.4 Å². The first-order chi connectivity index (χ1) is 9.81. The Balaban J connectivity index is 2.45. The Kier molecular flexibility index (Phi) is 6.30. The normalized spacial score (nSPS) is 13.6. The number of nitrogens with one attached hydrogen (secondary N) is 2. The minimum atomic E-state index is -0.640. The first-order valence-corrected chi connectivity index (χ1v) is 6.89. The SMILES string of the molecule is CC(NC(=O)CNC(=O)[C@@H](N)C(C)C)c1cccc(F)c1. The summed E-state index contributed by atoms with van der Waals surface area (Å²) in [6, 6.07) is 5.02. The van der Waals surface area contributed by atoms with E-state index in [-0.39, 0.29) is 36.1 Å². The van der Waals surface area contributed by atoms with E-state index in [9.17, 15) is 14.0 Å². The van der Waals surface area contributed by atoms with Gasteiger partial charge in [0.05, 0.1) is 18.6 Å². The smallest absolute Gasteiger partial charge is 0.239 e. The summed E-state index contributed by atoms with van der Waals surface area (Å²) in [5.74, 6) is -1.07. The van der Waals surface area contributed by atoms with Crippen molar-refractivity contribution >= 4 is 11.8 Å². The molecule has 0 aliphatic heterocycles. The summed E-state index contributed by atoms with van der Waals surface area (Å²) in [7, 11) is 0. The molecule has 0 aliphatic rings. The van der Waals surface area contributed by atoms with Crippen molar-refractivity contribution in [1.29, 1.82) is 0 Å². The van der Waals surface area contributed by atoms with Gasteiger partial charge in [0.15, 0.2) is 0 Å². The van der Waals surface area contributed by atoms with E-state index in [0.29, 0.717) is 5.56 Å². The number of rotatable bonds is 6. The minimum absolute atomic E-state index is 0.000668. The Hall–Kier alpha value is -1.95. The van der Waals surface area contributed by atoms with Crippen LogP contribution in [-0.2, 0) is 9.59 Å². The van der Waals surface area contributed by atoms with Crippen molar-refractivity contribution in [3.63, 3.8) is 0 Å². The van der Waals surface area contributed by atoms with Gasteiger partial charge >= 0.3 is 0 Å². The van der Waals surface area contributed by atoms with Gasteiger partial charge in [-0.3, -0.25) is 9.59 Å². The quantitative estimate of drug-likeness (QED) is 0.735. The van der Waals surface area contributed by atoms with Crippen LogP contribution in [0.3, 0.4) is 0 Å². The summed E-state index contributed by atoms with van der Waals surface area (Å²) >= 11 is 0. The number of amides is 2. The monoisotopic (exact) mass is 295 g/mol. The maximum atomic E-state index is 13.1. The first-order valence-electron chi connectivity index (χ1n) is 6.89. The molecule has 1 aromatic rings. The fraction of sp³-hybridized carbons (Fsp3) is 0.467. The molecule has 0 aliphatic carbocycles. The highest BCUT2D eigenvalue weighted by Gasteiger charge is 2.18. The van der Waals surface area contributed by atoms with Crippen LogP contribution in [0.25, 0.3) is 0 Å². The van der Waals surface area contributed by atoms with E-state index in [1.54, 1.807) is 19.1 Å². The lowest BCUT2D eigenvalue weighted by molar-refractivity contribution is -0.127. The highest BCUT2D eigenvalue weighted by atomic mass is 19.1. The molecule has 0 spiro atoms. The lowest BCUT2D eigenvalue weighted by Crippen LogP contribution is -2.47. The largest absolute Gasteiger partial charge is 0.348 e. The van der Waals surface area contributed by atoms with Crippen LogP contribution in [0.2, 0.25) is 0 Å². The van der Waals surface area contributed by atoms with Crippen LogP contribution in [0, 0.1) is 11.7 Å². The number of carbonyl (C=O) groups is 2. The van der Waals surface area contributed by atoms with Crippen molar-refractivity contribution in [2.24, 2.45) is 11.7 Å². The molecule has 2 atom stereocenters. The lowest BCUT2D eigenvalue weighted by Gasteiger charge is -2.17. The zero-order valence-corrected chi connectivity index (χ0v) is 12.5. The van der Waals surface area contributed by atoms with Gasteiger partial charge in [0.1, 0.15) is 5.82 Å². The molecule has 1 unspecified atom stereocenters. The highest BCUT2D eigenvalue weighted by molar-refractivity contribution is 5.87. The van der Waals surface area contributed by atoms with Gasteiger partial charge in [-0.05, 0) is 30.5 Å². The van der Waals surface area contributed by atoms with Gasteiger partial charge in [-0.25, -0.2) is 4.39 Å². The zero-order valence-electron chi connectivity index (χ0n) is 12.5. The van der Waals surface area contributed by atoms with E-state index in [0.717, 1.165) is 0 Å². The van der Waals surface area contributed by atoms with E-state index in [2.05, 4.69) is 10.6 Å². The molecular formula is C15H22FN3O2. The van der Waals surface area contributed by atoms with Crippen LogP contribution in [0.5, 0.6) is 0 Å². The molecular weight excluding hydrogens is 273 g/mol. The first kappa shape index (κ1) is 17.1. The van der Waals surface area contributed by atoms with Gasteiger partial charge in [-0.15, -0.1) is 0 Å². The van der Waals surface area contributed by atoms with Crippen molar-refractivity contribution < 1.29 is 14.0 Å². The number of hydrogen-bond donors (Lipinski definition) is 3. The molecule has 0 bridgehead atoms. The van der Waals surface area contributed by atoms with E-state index in [4.69, 9.17) is 5.73 Å². The van der Waals surface area contributed by atoms with Gasteiger partial charge < -0.3 is 16.4 Å². The Labute approximate surface area is 124 Å². The van der Waals surface area contributed by atoms with Crippen molar-refractivity contribution in [1.82, 2.24) is 10.6 Å². The van der Waals surface area contributed by atoms with Crippen molar-refractivity contribution in [3.05, 3.63) is 35.6 Å². The third kappa shape index (κ3) is 5.51. The minimum Gasteiger partial charge on any atom is -0.348 e. The molecule has 0 saturated carbocycles. The molecule has 6 heteroatoms. The molecule has 21 heavy (non-hydrogen) atoms. The number of carbonyl (C=O) groups excluding carboxylic acids is 2. The maximum absolute atomic E-state index is 13.1. The van der Waals surface area contributed by atoms with Crippen LogP contribution in [0.4, 0.5) is 4.39 Å². The van der Waals surface area contributed by atoms with Crippen molar-refractivity contribution in [2.45, 2.75) is 32.9 Å². The molecule has 4 N–H and O–H groups in total. The summed E-state index contributed by atoms with van der Waals surface area (Å²) < 4.78 is 13.1. The molecule has 0 fully saturated rings. The maximum Gasteiger partial charge on any atom is 0.239 e. The van der Waals surface area contributed by atoms with Gasteiger partial charge in [0.2, 0.25) is 11.8 Å². The van der Waals surface area contributed by atoms with Crippen LogP contribution < -0.4 is 16.4 Å². The second-order valence-corrected chi connectivity index (χ2v) is 5.33. The molecule has 0 saturated heterocycles. The van der Waals surface area contributed by atoms with E-state index in [1.165, 1.54) is 12.1 Å². The average molecular weight is 295 g/mol. The zero-order chi connectivity index (χ0) is 16.0. The fourth-order valence-electron chi connectivity index (χ4n) is 1.74. The number of hydrogen-bond acceptors (Lipinski definition) is 3. The van der Waals surface area contributed by atoms with Gasteiger partial charge in [-0.2, -0.15) is 0 Å². The third-order valence-corrected chi connectivity index (χ3v) is 3.17. The molecule has 0 radical (unpaired) electrons.